The lowest BCUT2D eigenvalue weighted by molar-refractivity contribution is 0.159. The number of para-hydroxylation sites is 1. The van der Waals surface area contributed by atoms with Gasteiger partial charge in [0.2, 0.25) is 0 Å². The van der Waals surface area contributed by atoms with E-state index in [1.165, 1.54) is 0 Å². The quantitative estimate of drug-likeness (QED) is 0.610. The van der Waals surface area contributed by atoms with E-state index in [4.69, 9.17) is 16.3 Å². The summed E-state index contributed by atoms with van der Waals surface area (Å²) in [6.45, 7) is 0.440. The number of hydrogen-bond acceptors (Lipinski definition) is 2. The second-order valence-corrected chi connectivity index (χ2v) is 3.75. The van der Waals surface area contributed by atoms with Crippen molar-refractivity contribution in [2.75, 3.05) is 17.8 Å². The molecule has 1 aromatic rings. The highest BCUT2D eigenvalue weighted by Crippen LogP contribution is 2.05. The lowest BCUT2D eigenvalue weighted by Crippen LogP contribution is -2.14. The number of unbranched alkanes of at least 4 members (excludes halogenated alkanes) is 2. The van der Waals surface area contributed by atoms with E-state index in [-0.39, 0.29) is 0 Å². The fraction of sp³-hybridized carbons (Fsp3) is 0.417. The SMILES string of the molecule is O=C(Nc1ccccc1)OCCCCCCl. The molecule has 0 saturated heterocycles. The molecule has 0 fully saturated rings. The van der Waals surface area contributed by atoms with Gasteiger partial charge in [0.25, 0.3) is 0 Å². The van der Waals surface area contributed by atoms with E-state index in [2.05, 4.69) is 5.32 Å². The average Bonchev–Trinajstić information content (AvgIpc) is 2.30. The topological polar surface area (TPSA) is 38.3 Å². The highest BCUT2D eigenvalue weighted by atomic mass is 35.5. The van der Waals surface area contributed by atoms with Gasteiger partial charge in [0.1, 0.15) is 0 Å². The van der Waals surface area contributed by atoms with E-state index in [0.717, 1.165) is 24.9 Å². The predicted molar refractivity (Wildman–Crippen MR) is 66.0 cm³/mol. The third-order valence-electron chi connectivity index (χ3n) is 2.03. The Labute approximate surface area is 101 Å². The maximum absolute atomic E-state index is 11.3. The molecule has 0 unspecified atom stereocenters. The summed E-state index contributed by atoms with van der Waals surface area (Å²) in [7, 11) is 0. The van der Waals surface area contributed by atoms with Crippen molar-refractivity contribution in [1.29, 1.82) is 0 Å². The molecule has 0 spiro atoms. The van der Waals surface area contributed by atoms with Crippen LogP contribution in [-0.4, -0.2) is 18.6 Å². The van der Waals surface area contributed by atoms with Crippen molar-refractivity contribution in [3.8, 4) is 0 Å². The van der Waals surface area contributed by atoms with Crippen molar-refractivity contribution in [1.82, 2.24) is 0 Å². The molecule has 1 N–H and O–H groups in total. The zero-order valence-corrected chi connectivity index (χ0v) is 9.87. The van der Waals surface area contributed by atoms with E-state index < -0.39 is 6.09 Å². The van der Waals surface area contributed by atoms with Gasteiger partial charge in [-0.15, -0.1) is 11.6 Å². The van der Waals surface area contributed by atoms with E-state index in [1.807, 2.05) is 30.3 Å². The van der Waals surface area contributed by atoms with Crippen molar-refractivity contribution in [2.24, 2.45) is 0 Å². The molecule has 1 amide bonds. The molecular formula is C12H16ClNO2. The lowest BCUT2D eigenvalue weighted by atomic mass is 10.3. The first-order chi connectivity index (χ1) is 7.83. The number of rotatable bonds is 6. The maximum atomic E-state index is 11.3. The Morgan fingerprint density at radius 1 is 1.19 bits per heavy atom. The second kappa shape index (κ2) is 7.99. The van der Waals surface area contributed by atoms with E-state index in [0.29, 0.717) is 12.5 Å². The number of hydrogen-bond donors (Lipinski definition) is 1. The van der Waals surface area contributed by atoms with Crippen molar-refractivity contribution < 1.29 is 9.53 Å². The molecule has 0 heterocycles. The first-order valence-electron chi connectivity index (χ1n) is 5.37. The third kappa shape index (κ3) is 5.61. The van der Waals surface area contributed by atoms with E-state index >= 15 is 0 Å². The minimum Gasteiger partial charge on any atom is -0.449 e. The predicted octanol–water partition coefficient (Wildman–Crippen LogP) is 3.64. The summed E-state index contributed by atoms with van der Waals surface area (Å²) in [5, 5.41) is 2.65. The van der Waals surface area contributed by atoms with Crippen LogP contribution in [0, 0.1) is 0 Å². The van der Waals surface area contributed by atoms with Gasteiger partial charge in [-0.1, -0.05) is 18.2 Å². The molecular weight excluding hydrogens is 226 g/mol. The number of amides is 1. The second-order valence-electron chi connectivity index (χ2n) is 3.38. The monoisotopic (exact) mass is 241 g/mol. The Kier molecular flexibility index (Phi) is 6.42. The molecule has 0 aromatic heterocycles. The number of carbonyl (C=O) groups excluding carboxylic acids is 1. The molecule has 0 saturated carbocycles. The number of halogens is 1. The van der Waals surface area contributed by atoms with Gasteiger partial charge < -0.3 is 4.74 Å². The van der Waals surface area contributed by atoms with Crippen LogP contribution in [-0.2, 0) is 4.74 Å². The number of alkyl halides is 1. The van der Waals surface area contributed by atoms with Crippen molar-refractivity contribution >= 4 is 23.4 Å². The summed E-state index contributed by atoms with van der Waals surface area (Å²) in [6.07, 6.45) is 2.40. The first-order valence-corrected chi connectivity index (χ1v) is 5.91. The third-order valence-corrected chi connectivity index (χ3v) is 2.30. The van der Waals surface area contributed by atoms with E-state index in [1.54, 1.807) is 0 Å². The van der Waals surface area contributed by atoms with Crippen LogP contribution in [0.5, 0.6) is 0 Å². The number of benzene rings is 1. The molecule has 0 aliphatic heterocycles. The molecule has 88 valence electrons. The van der Waals surface area contributed by atoms with Crippen molar-refractivity contribution in [3.63, 3.8) is 0 Å². The number of nitrogens with one attached hydrogen (secondary N) is 1. The molecule has 0 aliphatic carbocycles. The Balaban J connectivity index is 2.12. The fourth-order valence-electron chi connectivity index (χ4n) is 1.21. The standard InChI is InChI=1S/C12H16ClNO2/c13-9-5-2-6-10-16-12(15)14-11-7-3-1-4-8-11/h1,3-4,7-8H,2,5-6,9-10H2,(H,14,15). The lowest BCUT2D eigenvalue weighted by Gasteiger charge is -2.06. The van der Waals surface area contributed by atoms with Crippen LogP contribution in [0.3, 0.4) is 0 Å². The highest BCUT2D eigenvalue weighted by molar-refractivity contribution is 6.17. The van der Waals surface area contributed by atoms with Gasteiger partial charge in [0.15, 0.2) is 0 Å². The zero-order valence-electron chi connectivity index (χ0n) is 9.12. The van der Waals surface area contributed by atoms with E-state index in [9.17, 15) is 4.79 Å². The smallest absolute Gasteiger partial charge is 0.411 e. The normalized spacial score (nSPS) is 9.81. The number of carbonyl (C=O) groups is 1. The summed E-state index contributed by atoms with van der Waals surface area (Å²) in [5.74, 6) is 0.663. The summed E-state index contributed by atoms with van der Waals surface area (Å²) in [4.78, 5) is 11.3. The summed E-state index contributed by atoms with van der Waals surface area (Å²) >= 11 is 5.53. The molecule has 0 radical (unpaired) electrons. The molecule has 0 atom stereocenters. The summed E-state index contributed by atoms with van der Waals surface area (Å²) in [6, 6.07) is 9.23. The Hall–Kier alpha value is -1.22. The molecule has 0 aliphatic rings. The zero-order chi connectivity index (χ0) is 11.6. The molecule has 0 bridgehead atoms. The fourth-order valence-corrected chi connectivity index (χ4v) is 1.40. The van der Waals surface area contributed by atoms with Crippen LogP contribution >= 0.6 is 11.6 Å². The van der Waals surface area contributed by atoms with Gasteiger partial charge in [0.05, 0.1) is 6.61 Å². The molecule has 3 nitrogen and oxygen atoms in total. The number of ether oxygens (including phenoxy) is 1. The van der Waals surface area contributed by atoms with Gasteiger partial charge in [0, 0.05) is 11.6 Å². The van der Waals surface area contributed by atoms with Gasteiger partial charge in [-0.25, -0.2) is 4.79 Å². The van der Waals surface area contributed by atoms with Crippen LogP contribution in [0.4, 0.5) is 10.5 Å². The highest BCUT2D eigenvalue weighted by Gasteiger charge is 2.01. The Morgan fingerprint density at radius 3 is 2.62 bits per heavy atom. The van der Waals surface area contributed by atoms with Gasteiger partial charge in [-0.05, 0) is 31.4 Å². The molecule has 1 aromatic carbocycles. The largest absolute Gasteiger partial charge is 0.449 e. The Morgan fingerprint density at radius 2 is 1.94 bits per heavy atom. The van der Waals surface area contributed by atoms with Crippen LogP contribution in [0.2, 0.25) is 0 Å². The average molecular weight is 242 g/mol. The molecule has 4 heteroatoms. The van der Waals surface area contributed by atoms with Crippen LogP contribution in [0.15, 0.2) is 30.3 Å². The summed E-state index contributed by atoms with van der Waals surface area (Å²) < 4.78 is 5.00. The maximum Gasteiger partial charge on any atom is 0.411 e. The minimum absolute atomic E-state index is 0.405. The molecule has 1 rings (SSSR count). The summed E-state index contributed by atoms with van der Waals surface area (Å²) in [5.41, 5.74) is 0.744. The van der Waals surface area contributed by atoms with Gasteiger partial charge in [-0.3, -0.25) is 5.32 Å². The first kappa shape index (κ1) is 12.8. The van der Waals surface area contributed by atoms with Crippen molar-refractivity contribution in [3.05, 3.63) is 30.3 Å². The van der Waals surface area contributed by atoms with Gasteiger partial charge >= 0.3 is 6.09 Å². The van der Waals surface area contributed by atoms with Crippen LogP contribution in [0.1, 0.15) is 19.3 Å². The van der Waals surface area contributed by atoms with Crippen LogP contribution < -0.4 is 5.32 Å². The van der Waals surface area contributed by atoms with Crippen LogP contribution in [0.25, 0.3) is 0 Å². The van der Waals surface area contributed by atoms with Gasteiger partial charge in [-0.2, -0.15) is 0 Å². The Bertz CT molecular complexity index is 303. The minimum atomic E-state index is -0.405. The number of anilines is 1. The molecule has 16 heavy (non-hydrogen) atoms. The van der Waals surface area contributed by atoms with Crippen molar-refractivity contribution in [2.45, 2.75) is 19.3 Å².